The van der Waals surface area contributed by atoms with Crippen molar-refractivity contribution in [3.63, 3.8) is 0 Å². The summed E-state index contributed by atoms with van der Waals surface area (Å²) in [5.41, 5.74) is 7.03. The second-order valence-electron chi connectivity index (χ2n) is 3.72. The van der Waals surface area contributed by atoms with Crippen molar-refractivity contribution in [3.05, 3.63) is 46.3 Å². The molecule has 0 saturated carbocycles. The number of nitrogen functional groups attached to an aromatic ring is 1. The van der Waals surface area contributed by atoms with Gasteiger partial charge in [-0.1, -0.05) is 15.9 Å². The third-order valence-corrected chi connectivity index (χ3v) is 4.05. The Bertz CT molecular complexity index is 597. The minimum Gasteiger partial charge on any atom is -0.468 e. The fraction of sp³-hybridized carbons (Fsp3) is 0.154. The van der Waals surface area contributed by atoms with Gasteiger partial charge in [0, 0.05) is 15.1 Å². The predicted molar refractivity (Wildman–Crippen MR) is 78.2 cm³/mol. The average molecular weight is 342 g/mol. The van der Waals surface area contributed by atoms with Gasteiger partial charge in [0.05, 0.1) is 19.1 Å². The van der Waals surface area contributed by atoms with Crippen LogP contribution >= 0.6 is 27.7 Å². The topological polar surface area (TPSA) is 65.5 Å². The molecular weight excluding hydrogens is 330 g/mol. The number of carbonyl (C=O) groups excluding carboxylic acids is 1. The van der Waals surface area contributed by atoms with E-state index in [1.165, 1.54) is 25.1 Å². The second kappa shape index (κ2) is 6.16. The first-order valence-corrected chi connectivity index (χ1v) is 7.22. The summed E-state index contributed by atoms with van der Waals surface area (Å²) in [6.07, 6.45) is 1.48. The highest BCUT2D eigenvalue weighted by Gasteiger charge is 2.15. The van der Waals surface area contributed by atoms with Gasteiger partial charge in [-0.05, 0) is 24.3 Å². The third kappa shape index (κ3) is 3.33. The van der Waals surface area contributed by atoms with Gasteiger partial charge in [0.25, 0.3) is 0 Å². The first-order valence-electron chi connectivity index (χ1n) is 5.44. The Morgan fingerprint density at radius 1 is 1.47 bits per heavy atom. The molecule has 1 heterocycles. The van der Waals surface area contributed by atoms with E-state index in [4.69, 9.17) is 10.2 Å². The van der Waals surface area contributed by atoms with Crippen LogP contribution in [0.15, 0.2) is 44.3 Å². The zero-order valence-corrected chi connectivity index (χ0v) is 12.6. The van der Waals surface area contributed by atoms with Crippen molar-refractivity contribution >= 4 is 39.3 Å². The molecule has 1 aromatic heterocycles. The van der Waals surface area contributed by atoms with Crippen molar-refractivity contribution < 1.29 is 13.9 Å². The molecule has 0 fully saturated rings. The lowest BCUT2D eigenvalue weighted by Gasteiger charge is -2.05. The quantitative estimate of drug-likeness (QED) is 0.521. The highest BCUT2D eigenvalue weighted by molar-refractivity contribution is 9.10. The van der Waals surface area contributed by atoms with Gasteiger partial charge in [-0.15, -0.1) is 11.8 Å². The molecule has 0 amide bonds. The van der Waals surface area contributed by atoms with Gasteiger partial charge in [-0.2, -0.15) is 0 Å². The molecule has 2 N–H and O–H groups in total. The standard InChI is InChI=1S/C13H12BrNO3S/c1-17-13(16)9-4-5-18-11(9)7-19-12-6-8(14)2-3-10(12)15/h2-6H,7,15H2,1H3. The molecule has 0 bridgehead atoms. The lowest BCUT2D eigenvalue weighted by molar-refractivity contribution is 0.0598. The lowest BCUT2D eigenvalue weighted by atomic mass is 10.3. The molecule has 0 atom stereocenters. The largest absolute Gasteiger partial charge is 0.468 e. The van der Waals surface area contributed by atoms with Crippen LogP contribution in [-0.2, 0) is 10.5 Å². The summed E-state index contributed by atoms with van der Waals surface area (Å²) < 4.78 is 11.0. The van der Waals surface area contributed by atoms with Gasteiger partial charge in [-0.25, -0.2) is 4.79 Å². The maximum atomic E-state index is 11.5. The average Bonchev–Trinajstić information content (AvgIpc) is 2.87. The van der Waals surface area contributed by atoms with Gasteiger partial charge in [-0.3, -0.25) is 0 Å². The Kier molecular flexibility index (Phi) is 4.55. The number of methoxy groups -OCH3 is 1. The van der Waals surface area contributed by atoms with Crippen molar-refractivity contribution in [2.24, 2.45) is 0 Å². The summed E-state index contributed by atoms with van der Waals surface area (Å²) in [5, 5.41) is 0. The Morgan fingerprint density at radius 2 is 2.26 bits per heavy atom. The van der Waals surface area contributed by atoms with E-state index in [0.717, 1.165) is 9.37 Å². The van der Waals surface area contributed by atoms with Crippen molar-refractivity contribution in [1.82, 2.24) is 0 Å². The molecule has 0 aliphatic heterocycles. The number of anilines is 1. The van der Waals surface area contributed by atoms with E-state index in [0.29, 0.717) is 22.8 Å². The van der Waals surface area contributed by atoms with Crippen LogP contribution in [0.25, 0.3) is 0 Å². The van der Waals surface area contributed by atoms with E-state index < -0.39 is 5.97 Å². The van der Waals surface area contributed by atoms with E-state index in [2.05, 4.69) is 20.7 Å². The van der Waals surface area contributed by atoms with Gasteiger partial charge >= 0.3 is 5.97 Å². The van der Waals surface area contributed by atoms with Crippen LogP contribution in [0.1, 0.15) is 16.1 Å². The molecule has 0 aliphatic carbocycles. The van der Waals surface area contributed by atoms with E-state index >= 15 is 0 Å². The zero-order chi connectivity index (χ0) is 13.8. The molecule has 1 aromatic carbocycles. The fourth-order valence-electron chi connectivity index (χ4n) is 1.52. The maximum Gasteiger partial charge on any atom is 0.341 e. The van der Waals surface area contributed by atoms with E-state index in [-0.39, 0.29) is 0 Å². The molecule has 100 valence electrons. The number of carbonyl (C=O) groups is 1. The van der Waals surface area contributed by atoms with Crippen LogP contribution in [0.5, 0.6) is 0 Å². The Morgan fingerprint density at radius 3 is 3.00 bits per heavy atom. The monoisotopic (exact) mass is 341 g/mol. The number of hydrogen-bond donors (Lipinski definition) is 1. The predicted octanol–water partition coefficient (Wildman–Crippen LogP) is 3.70. The number of esters is 1. The second-order valence-corrected chi connectivity index (χ2v) is 5.65. The van der Waals surface area contributed by atoms with E-state index in [9.17, 15) is 4.79 Å². The van der Waals surface area contributed by atoms with Crippen LogP contribution in [0, 0.1) is 0 Å². The summed E-state index contributed by atoms with van der Waals surface area (Å²) in [5.74, 6) is 0.695. The van der Waals surface area contributed by atoms with Crippen molar-refractivity contribution in [1.29, 1.82) is 0 Å². The van der Waals surface area contributed by atoms with Gasteiger partial charge in [0.2, 0.25) is 0 Å². The number of furan rings is 1. The van der Waals surface area contributed by atoms with E-state index in [1.807, 2.05) is 18.2 Å². The smallest absolute Gasteiger partial charge is 0.341 e. The van der Waals surface area contributed by atoms with Crippen molar-refractivity contribution in [2.75, 3.05) is 12.8 Å². The number of rotatable bonds is 4. The van der Waals surface area contributed by atoms with Crippen LogP contribution in [0.3, 0.4) is 0 Å². The van der Waals surface area contributed by atoms with Crippen molar-refractivity contribution in [2.45, 2.75) is 10.6 Å². The lowest BCUT2D eigenvalue weighted by Crippen LogP contribution is -2.02. The maximum absolute atomic E-state index is 11.5. The van der Waals surface area contributed by atoms with Crippen LogP contribution in [0.4, 0.5) is 5.69 Å². The Balaban J connectivity index is 2.13. The summed E-state index contributed by atoms with van der Waals surface area (Å²) in [6.45, 7) is 0. The molecule has 0 aliphatic rings. The first-order chi connectivity index (χ1) is 9.11. The summed E-state index contributed by atoms with van der Waals surface area (Å²) in [7, 11) is 1.35. The normalized spacial score (nSPS) is 10.4. The number of halogens is 1. The molecule has 0 saturated heterocycles. The molecular formula is C13H12BrNO3S. The molecule has 6 heteroatoms. The molecule has 19 heavy (non-hydrogen) atoms. The third-order valence-electron chi connectivity index (χ3n) is 2.49. The Hall–Kier alpha value is -1.40. The SMILES string of the molecule is COC(=O)c1ccoc1CSc1cc(Br)ccc1N. The minimum atomic E-state index is -0.397. The minimum absolute atomic E-state index is 0.397. The number of ether oxygens (including phenoxy) is 1. The molecule has 2 rings (SSSR count). The highest BCUT2D eigenvalue weighted by atomic mass is 79.9. The molecule has 0 radical (unpaired) electrons. The Labute approximate surface area is 123 Å². The fourth-order valence-corrected chi connectivity index (χ4v) is 2.99. The highest BCUT2D eigenvalue weighted by Crippen LogP contribution is 2.31. The molecule has 4 nitrogen and oxygen atoms in total. The van der Waals surface area contributed by atoms with Crippen LogP contribution < -0.4 is 5.73 Å². The van der Waals surface area contributed by atoms with Crippen molar-refractivity contribution in [3.8, 4) is 0 Å². The summed E-state index contributed by atoms with van der Waals surface area (Å²) >= 11 is 4.90. The first kappa shape index (κ1) is 14.0. The van der Waals surface area contributed by atoms with Crippen LogP contribution in [0.2, 0.25) is 0 Å². The van der Waals surface area contributed by atoms with Crippen LogP contribution in [-0.4, -0.2) is 13.1 Å². The van der Waals surface area contributed by atoms with Gasteiger partial charge < -0.3 is 14.9 Å². The number of benzene rings is 1. The number of thioether (sulfide) groups is 1. The van der Waals surface area contributed by atoms with Gasteiger partial charge in [0.1, 0.15) is 11.3 Å². The molecule has 2 aromatic rings. The molecule has 0 spiro atoms. The molecule has 0 unspecified atom stereocenters. The summed E-state index contributed by atoms with van der Waals surface area (Å²) in [6, 6.07) is 7.24. The van der Waals surface area contributed by atoms with E-state index in [1.54, 1.807) is 6.07 Å². The van der Waals surface area contributed by atoms with Gasteiger partial charge in [0.15, 0.2) is 0 Å². The number of hydrogen-bond acceptors (Lipinski definition) is 5. The summed E-state index contributed by atoms with van der Waals surface area (Å²) in [4.78, 5) is 12.4. The zero-order valence-electron chi connectivity index (χ0n) is 10.2. The number of nitrogens with two attached hydrogens (primary N) is 1.